The highest BCUT2D eigenvalue weighted by Gasteiger charge is 2.13. The highest BCUT2D eigenvalue weighted by atomic mass is 79.9. The van der Waals surface area contributed by atoms with E-state index >= 15 is 0 Å². The van der Waals surface area contributed by atoms with E-state index in [0.29, 0.717) is 6.54 Å². The van der Waals surface area contributed by atoms with Gasteiger partial charge in [0.1, 0.15) is 0 Å². The molecule has 0 saturated carbocycles. The molecule has 0 heterocycles. The Morgan fingerprint density at radius 3 is 2.33 bits per heavy atom. The van der Waals surface area contributed by atoms with Crippen LogP contribution in [0.1, 0.15) is 38.0 Å². The lowest BCUT2D eigenvalue weighted by molar-refractivity contribution is 0.191. The maximum Gasteiger partial charge on any atom is 0.0962 e. The Bertz CT molecular complexity index is 587. The Labute approximate surface area is 135 Å². The van der Waals surface area contributed by atoms with E-state index < -0.39 is 6.10 Å². The predicted octanol–water partition coefficient (Wildman–Crippen LogP) is 4.89. The van der Waals surface area contributed by atoms with Gasteiger partial charge in [-0.1, -0.05) is 61.0 Å². The lowest BCUT2D eigenvalue weighted by atomic mass is 9.87. The summed E-state index contributed by atoms with van der Waals surface area (Å²) in [7, 11) is 0. The molecule has 1 unspecified atom stereocenters. The first-order valence-corrected chi connectivity index (χ1v) is 7.93. The average Bonchev–Trinajstić information content (AvgIpc) is 2.44. The van der Waals surface area contributed by atoms with Crippen LogP contribution in [0.15, 0.2) is 53.0 Å². The Morgan fingerprint density at radius 2 is 1.76 bits per heavy atom. The molecule has 3 heteroatoms. The highest BCUT2D eigenvalue weighted by Crippen LogP contribution is 2.24. The first-order chi connectivity index (χ1) is 9.86. The topological polar surface area (TPSA) is 32.3 Å². The van der Waals surface area contributed by atoms with Crippen LogP contribution in [0.25, 0.3) is 0 Å². The third-order valence-corrected chi connectivity index (χ3v) is 3.98. The Kier molecular flexibility index (Phi) is 5.07. The molecule has 21 heavy (non-hydrogen) atoms. The molecule has 112 valence electrons. The minimum atomic E-state index is -0.523. The Balaban J connectivity index is 1.97. The summed E-state index contributed by atoms with van der Waals surface area (Å²) in [4.78, 5) is 0. The maximum absolute atomic E-state index is 10.2. The highest BCUT2D eigenvalue weighted by molar-refractivity contribution is 9.10. The minimum Gasteiger partial charge on any atom is -0.387 e. The zero-order valence-corrected chi connectivity index (χ0v) is 14.3. The zero-order chi connectivity index (χ0) is 15.5. The van der Waals surface area contributed by atoms with Crippen molar-refractivity contribution in [2.45, 2.75) is 32.3 Å². The van der Waals surface area contributed by atoms with Gasteiger partial charge in [0, 0.05) is 16.7 Å². The van der Waals surface area contributed by atoms with Gasteiger partial charge in [0.25, 0.3) is 0 Å². The quantitative estimate of drug-likeness (QED) is 0.824. The van der Waals surface area contributed by atoms with Gasteiger partial charge in [-0.25, -0.2) is 0 Å². The first-order valence-electron chi connectivity index (χ1n) is 7.14. The summed E-state index contributed by atoms with van der Waals surface area (Å²) in [6.07, 6.45) is -0.523. The van der Waals surface area contributed by atoms with E-state index in [1.165, 1.54) is 5.56 Å². The van der Waals surface area contributed by atoms with Crippen LogP contribution in [0.4, 0.5) is 5.69 Å². The molecule has 0 saturated heterocycles. The molecule has 0 radical (unpaired) electrons. The average molecular weight is 348 g/mol. The molecule has 0 aliphatic heterocycles. The van der Waals surface area contributed by atoms with Gasteiger partial charge in [0.2, 0.25) is 0 Å². The van der Waals surface area contributed by atoms with Crippen molar-refractivity contribution in [1.82, 2.24) is 0 Å². The van der Waals surface area contributed by atoms with Crippen molar-refractivity contribution in [3.05, 3.63) is 64.1 Å². The number of rotatable bonds is 4. The van der Waals surface area contributed by atoms with Crippen molar-refractivity contribution < 1.29 is 5.11 Å². The molecule has 2 aromatic carbocycles. The molecule has 2 rings (SSSR count). The van der Waals surface area contributed by atoms with Crippen molar-refractivity contribution in [3.8, 4) is 0 Å². The molecule has 0 fully saturated rings. The first kappa shape index (κ1) is 16.1. The van der Waals surface area contributed by atoms with Crippen molar-refractivity contribution in [1.29, 1.82) is 0 Å². The van der Waals surface area contributed by atoms with Gasteiger partial charge in [-0.2, -0.15) is 0 Å². The van der Waals surface area contributed by atoms with E-state index in [1.54, 1.807) is 0 Å². The van der Waals surface area contributed by atoms with Crippen LogP contribution in [0, 0.1) is 0 Å². The number of nitrogens with one attached hydrogen (secondary N) is 1. The Morgan fingerprint density at radius 1 is 1.10 bits per heavy atom. The van der Waals surface area contributed by atoms with Crippen LogP contribution in [-0.2, 0) is 5.41 Å². The number of aliphatic hydroxyl groups excluding tert-OH is 1. The van der Waals surface area contributed by atoms with E-state index in [0.717, 1.165) is 15.7 Å². The number of anilines is 1. The number of hydrogen-bond acceptors (Lipinski definition) is 2. The van der Waals surface area contributed by atoms with Crippen LogP contribution in [0.2, 0.25) is 0 Å². The molecule has 0 aliphatic carbocycles. The van der Waals surface area contributed by atoms with Crippen LogP contribution < -0.4 is 5.32 Å². The molecule has 1 atom stereocenters. The second-order valence-electron chi connectivity index (χ2n) is 6.28. The van der Waals surface area contributed by atoms with Gasteiger partial charge in [-0.05, 0) is 40.8 Å². The summed E-state index contributed by atoms with van der Waals surface area (Å²) in [5.41, 5.74) is 3.40. The fourth-order valence-electron chi connectivity index (χ4n) is 2.13. The van der Waals surface area contributed by atoms with E-state index in [9.17, 15) is 5.11 Å². The minimum absolute atomic E-state index is 0.161. The number of benzene rings is 2. The second-order valence-corrected chi connectivity index (χ2v) is 7.19. The molecule has 2 N–H and O–H groups in total. The third kappa shape index (κ3) is 4.58. The van der Waals surface area contributed by atoms with Gasteiger partial charge in [0.15, 0.2) is 0 Å². The molecular formula is C18H22BrNO. The van der Waals surface area contributed by atoms with E-state index in [-0.39, 0.29) is 5.41 Å². The third-order valence-electron chi connectivity index (χ3n) is 3.48. The molecular weight excluding hydrogens is 326 g/mol. The summed E-state index contributed by atoms with van der Waals surface area (Å²) < 4.78 is 0.980. The Hall–Kier alpha value is -1.32. The van der Waals surface area contributed by atoms with Crippen molar-refractivity contribution >= 4 is 21.6 Å². The predicted molar refractivity (Wildman–Crippen MR) is 92.7 cm³/mol. The standard InChI is InChI=1S/C18H22BrNO/c1-18(2,3)14-7-9-16(10-8-14)20-12-17(21)13-5-4-6-15(19)11-13/h4-11,17,20-21H,12H2,1-3H3. The molecule has 0 bridgehead atoms. The molecule has 0 aliphatic rings. The number of hydrogen-bond donors (Lipinski definition) is 2. The summed E-state index contributed by atoms with van der Waals surface area (Å²) in [6.45, 7) is 7.09. The number of aliphatic hydroxyl groups is 1. The fraction of sp³-hybridized carbons (Fsp3) is 0.333. The zero-order valence-electron chi connectivity index (χ0n) is 12.7. The molecule has 2 nitrogen and oxygen atoms in total. The summed E-state index contributed by atoms with van der Waals surface area (Å²) in [5, 5.41) is 13.5. The van der Waals surface area contributed by atoms with Crippen molar-refractivity contribution in [3.63, 3.8) is 0 Å². The van der Waals surface area contributed by atoms with Crippen molar-refractivity contribution in [2.75, 3.05) is 11.9 Å². The smallest absolute Gasteiger partial charge is 0.0962 e. The van der Waals surface area contributed by atoms with Gasteiger partial charge in [0.05, 0.1) is 6.10 Å². The van der Waals surface area contributed by atoms with Gasteiger partial charge >= 0.3 is 0 Å². The van der Waals surface area contributed by atoms with Crippen LogP contribution in [0.5, 0.6) is 0 Å². The van der Waals surface area contributed by atoms with Crippen LogP contribution in [-0.4, -0.2) is 11.7 Å². The van der Waals surface area contributed by atoms with Gasteiger partial charge in [-0.15, -0.1) is 0 Å². The van der Waals surface area contributed by atoms with Gasteiger partial charge in [-0.3, -0.25) is 0 Å². The van der Waals surface area contributed by atoms with E-state index in [2.05, 4.69) is 66.3 Å². The van der Waals surface area contributed by atoms with E-state index in [4.69, 9.17) is 0 Å². The summed E-state index contributed by atoms with van der Waals surface area (Å²) >= 11 is 3.42. The summed E-state index contributed by atoms with van der Waals surface area (Å²) in [5.74, 6) is 0. The lowest BCUT2D eigenvalue weighted by Crippen LogP contribution is -2.13. The monoisotopic (exact) mass is 347 g/mol. The van der Waals surface area contributed by atoms with Crippen molar-refractivity contribution in [2.24, 2.45) is 0 Å². The maximum atomic E-state index is 10.2. The SMILES string of the molecule is CC(C)(C)c1ccc(NCC(O)c2cccc(Br)c2)cc1. The molecule has 0 aromatic heterocycles. The summed E-state index contributed by atoms with van der Waals surface area (Å²) in [6, 6.07) is 16.1. The molecule has 0 spiro atoms. The second kappa shape index (κ2) is 6.63. The lowest BCUT2D eigenvalue weighted by Gasteiger charge is -2.19. The largest absolute Gasteiger partial charge is 0.387 e. The molecule has 2 aromatic rings. The van der Waals surface area contributed by atoms with Crippen LogP contribution in [0.3, 0.4) is 0 Å². The normalized spacial score (nSPS) is 13.0. The van der Waals surface area contributed by atoms with Crippen LogP contribution >= 0.6 is 15.9 Å². The van der Waals surface area contributed by atoms with Gasteiger partial charge < -0.3 is 10.4 Å². The molecule has 0 amide bonds. The number of halogens is 1. The van der Waals surface area contributed by atoms with E-state index in [1.807, 2.05) is 24.3 Å². The fourth-order valence-corrected chi connectivity index (χ4v) is 2.55.